The van der Waals surface area contributed by atoms with E-state index in [0.29, 0.717) is 6.29 Å². The van der Waals surface area contributed by atoms with Crippen LogP contribution in [0.5, 0.6) is 0 Å². The van der Waals surface area contributed by atoms with Crippen LogP contribution in [-0.2, 0) is 9.59 Å². The van der Waals surface area contributed by atoms with Crippen molar-refractivity contribution in [2.24, 2.45) is 0 Å². The maximum Gasteiger partial charge on any atom is 0.249 e. The van der Waals surface area contributed by atoms with Crippen molar-refractivity contribution in [1.29, 1.82) is 0 Å². The first-order valence-corrected chi connectivity index (χ1v) is 6.55. The Morgan fingerprint density at radius 3 is 2.59 bits per heavy atom. The number of carbonyl (C=O) groups is 3. The van der Waals surface area contributed by atoms with Crippen molar-refractivity contribution in [1.82, 2.24) is 10.2 Å². The van der Waals surface area contributed by atoms with Crippen LogP contribution in [0.15, 0.2) is 18.7 Å². The average Bonchev–Trinajstić information content (AvgIpc) is 2.48. The van der Waals surface area contributed by atoms with Gasteiger partial charge in [0, 0.05) is 30.3 Å². The predicted octanol–water partition coefficient (Wildman–Crippen LogP) is 1.48. The van der Waals surface area contributed by atoms with Gasteiger partial charge < -0.3 is 4.90 Å². The number of piperidine rings is 1. The Kier molecular flexibility index (Phi) is 4.35. The molecule has 1 saturated heterocycles. The first-order valence-electron chi connectivity index (χ1n) is 6.55. The molecule has 0 aliphatic carbocycles. The minimum atomic E-state index is -1.14. The molecular formula is C15H14F2N2O3. The second kappa shape index (κ2) is 6.05. The Bertz CT molecular complexity index is 673. The van der Waals surface area contributed by atoms with Crippen molar-refractivity contribution in [2.75, 3.05) is 7.05 Å². The van der Waals surface area contributed by atoms with Gasteiger partial charge in [0.05, 0.1) is 0 Å². The number of imide groups is 1. The van der Waals surface area contributed by atoms with Gasteiger partial charge in [-0.25, -0.2) is 8.78 Å². The van der Waals surface area contributed by atoms with Gasteiger partial charge in [-0.15, -0.1) is 0 Å². The number of benzene rings is 1. The molecule has 1 N–H and O–H groups in total. The highest BCUT2D eigenvalue weighted by molar-refractivity contribution is 6.01. The normalized spacial score (nSPS) is 17.9. The summed E-state index contributed by atoms with van der Waals surface area (Å²) >= 11 is 0. The number of carbonyl (C=O) groups excluding carboxylic acids is 3. The molecule has 2 amide bonds. The molecule has 116 valence electrons. The molecule has 2 rings (SSSR count). The highest BCUT2D eigenvalue weighted by atomic mass is 19.2. The van der Waals surface area contributed by atoms with Crippen molar-refractivity contribution >= 4 is 23.8 Å². The smallest absolute Gasteiger partial charge is 0.249 e. The van der Waals surface area contributed by atoms with Crippen LogP contribution in [-0.4, -0.2) is 36.1 Å². The summed E-state index contributed by atoms with van der Waals surface area (Å²) in [5, 5.41) is 2.20. The van der Waals surface area contributed by atoms with E-state index in [1.807, 2.05) is 0 Å². The van der Waals surface area contributed by atoms with E-state index in [2.05, 4.69) is 11.9 Å². The summed E-state index contributed by atoms with van der Waals surface area (Å²) in [6.07, 6.45) is 0.841. The molecule has 1 atom stereocenters. The molecular weight excluding hydrogens is 294 g/mol. The molecule has 22 heavy (non-hydrogen) atoms. The van der Waals surface area contributed by atoms with Crippen LogP contribution in [0.2, 0.25) is 0 Å². The van der Waals surface area contributed by atoms with Gasteiger partial charge in [-0.1, -0.05) is 6.58 Å². The van der Waals surface area contributed by atoms with Gasteiger partial charge in [0.25, 0.3) is 0 Å². The SMILES string of the molecule is C=C(c1cc(F)c(F)cc1C=O)N(C)C1CCC(=O)NC1=O. The lowest BCUT2D eigenvalue weighted by molar-refractivity contribution is -0.136. The van der Waals surface area contributed by atoms with Crippen LogP contribution in [0.25, 0.3) is 5.70 Å². The van der Waals surface area contributed by atoms with Crippen molar-refractivity contribution in [2.45, 2.75) is 18.9 Å². The third-order valence-electron chi connectivity index (χ3n) is 3.63. The summed E-state index contributed by atoms with van der Waals surface area (Å²) in [7, 11) is 1.54. The molecule has 5 nitrogen and oxygen atoms in total. The fourth-order valence-electron chi connectivity index (χ4n) is 2.34. The molecule has 0 aromatic heterocycles. The van der Waals surface area contributed by atoms with Crippen LogP contribution >= 0.6 is 0 Å². The number of hydrogen-bond donors (Lipinski definition) is 1. The molecule has 1 aliphatic rings. The Labute approximate surface area is 125 Å². The number of nitrogens with one attached hydrogen (secondary N) is 1. The first-order chi connectivity index (χ1) is 10.3. The van der Waals surface area contributed by atoms with Gasteiger partial charge in [0.15, 0.2) is 17.9 Å². The molecule has 1 fully saturated rings. The van der Waals surface area contributed by atoms with Crippen LogP contribution in [0.3, 0.4) is 0 Å². The van der Waals surface area contributed by atoms with Crippen LogP contribution in [0.4, 0.5) is 8.78 Å². The second-order valence-corrected chi connectivity index (χ2v) is 5.00. The molecule has 1 unspecified atom stereocenters. The van der Waals surface area contributed by atoms with Gasteiger partial charge in [0.2, 0.25) is 11.8 Å². The standard InChI is InChI=1S/C15H14F2N2O3/c1-8(10-6-12(17)11(16)5-9(10)7-20)19(2)13-3-4-14(21)18-15(13)22/h5-7,13H,1,3-4H2,2H3,(H,18,21,22). The van der Waals surface area contributed by atoms with Crippen molar-refractivity contribution in [3.05, 3.63) is 41.5 Å². The zero-order valence-corrected chi connectivity index (χ0v) is 11.9. The first kappa shape index (κ1) is 15.8. The summed E-state index contributed by atoms with van der Waals surface area (Å²) in [6, 6.07) is 0.975. The number of rotatable bonds is 4. The van der Waals surface area contributed by atoms with Crippen molar-refractivity contribution in [3.63, 3.8) is 0 Å². The highest BCUT2D eigenvalue weighted by Gasteiger charge is 2.31. The average molecular weight is 308 g/mol. The third-order valence-corrected chi connectivity index (χ3v) is 3.63. The molecule has 0 spiro atoms. The van der Waals surface area contributed by atoms with Crippen LogP contribution in [0, 0.1) is 11.6 Å². The lowest BCUT2D eigenvalue weighted by atomic mass is 10.0. The maximum absolute atomic E-state index is 13.4. The lowest BCUT2D eigenvalue weighted by Crippen LogP contribution is -2.50. The van der Waals surface area contributed by atoms with E-state index < -0.39 is 23.6 Å². The summed E-state index contributed by atoms with van der Waals surface area (Å²) in [6.45, 7) is 3.75. The number of nitrogens with zero attached hydrogens (tertiary/aromatic N) is 1. The summed E-state index contributed by atoms with van der Waals surface area (Å²) in [5.74, 6) is -3.10. The van der Waals surface area contributed by atoms with Crippen LogP contribution < -0.4 is 5.32 Å². The molecule has 0 bridgehead atoms. The van der Waals surface area contributed by atoms with Gasteiger partial charge in [0.1, 0.15) is 6.04 Å². The Morgan fingerprint density at radius 1 is 1.36 bits per heavy atom. The van der Waals surface area contributed by atoms with Gasteiger partial charge in [-0.05, 0) is 18.6 Å². The Morgan fingerprint density at radius 2 is 2.00 bits per heavy atom. The fourth-order valence-corrected chi connectivity index (χ4v) is 2.34. The zero-order valence-electron chi connectivity index (χ0n) is 11.9. The van der Waals surface area contributed by atoms with Crippen molar-refractivity contribution < 1.29 is 23.2 Å². The molecule has 7 heteroatoms. The molecule has 1 aliphatic heterocycles. The van der Waals surface area contributed by atoms with E-state index >= 15 is 0 Å². The van der Waals surface area contributed by atoms with Gasteiger partial charge in [-0.3, -0.25) is 19.7 Å². The molecule has 1 aromatic rings. The molecule has 1 aromatic carbocycles. The van der Waals surface area contributed by atoms with E-state index in [0.717, 1.165) is 12.1 Å². The molecule has 0 saturated carbocycles. The van der Waals surface area contributed by atoms with E-state index in [4.69, 9.17) is 0 Å². The number of amides is 2. The summed E-state index contributed by atoms with van der Waals surface area (Å²) in [5.41, 5.74) is 0.222. The fraction of sp³-hybridized carbons (Fsp3) is 0.267. The van der Waals surface area contributed by atoms with E-state index in [1.54, 1.807) is 0 Å². The maximum atomic E-state index is 13.4. The van der Waals surface area contributed by atoms with Gasteiger partial charge in [-0.2, -0.15) is 0 Å². The van der Waals surface area contributed by atoms with E-state index in [1.165, 1.54) is 11.9 Å². The van der Waals surface area contributed by atoms with E-state index in [-0.39, 0.29) is 35.6 Å². The summed E-state index contributed by atoms with van der Waals surface area (Å²) in [4.78, 5) is 35.5. The quantitative estimate of drug-likeness (QED) is 0.676. The minimum absolute atomic E-state index is 0.0666. The second-order valence-electron chi connectivity index (χ2n) is 5.00. The Balaban J connectivity index is 2.31. The highest BCUT2D eigenvalue weighted by Crippen LogP contribution is 2.26. The number of hydrogen-bond acceptors (Lipinski definition) is 4. The third kappa shape index (κ3) is 2.88. The van der Waals surface area contributed by atoms with Crippen molar-refractivity contribution in [3.8, 4) is 0 Å². The number of aldehydes is 1. The number of likely N-dealkylation sites (N-methyl/N-ethyl adjacent to an activating group) is 1. The zero-order chi connectivity index (χ0) is 16.4. The molecule has 1 heterocycles. The largest absolute Gasteiger partial charge is 0.363 e. The van der Waals surface area contributed by atoms with Crippen LogP contribution in [0.1, 0.15) is 28.8 Å². The number of halogens is 2. The topological polar surface area (TPSA) is 66.5 Å². The lowest BCUT2D eigenvalue weighted by Gasteiger charge is -2.33. The molecule has 0 radical (unpaired) electrons. The van der Waals surface area contributed by atoms with E-state index in [9.17, 15) is 23.2 Å². The minimum Gasteiger partial charge on any atom is -0.363 e. The monoisotopic (exact) mass is 308 g/mol. The predicted molar refractivity (Wildman–Crippen MR) is 74.7 cm³/mol. The Hall–Kier alpha value is -2.57. The van der Waals surface area contributed by atoms with Gasteiger partial charge >= 0.3 is 0 Å². The summed E-state index contributed by atoms with van der Waals surface area (Å²) < 4.78 is 26.6.